The summed E-state index contributed by atoms with van der Waals surface area (Å²) in [6, 6.07) is 10.3. The number of hydrogen-bond acceptors (Lipinski definition) is 2. The molecule has 0 bridgehead atoms. The molecule has 0 aliphatic rings. The van der Waals surface area contributed by atoms with Crippen molar-refractivity contribution in [3.8, 4) is 11.1 Å². The van der Waals surface area contributed by atoms with Gasteiger partial charge in [-0.3, -0.25) is 4.79 Å². The molecule has 0 saturated heterocycles. The molecule has 5 heteroatoms. The molecule has 0 radical (unpaired) electrons. The molecule has 0 heterocycles. The van der Waals surface area contributed by atoms with Crippen LogP contribution in [-0.4, -0.2) is 17.1 Å². The van der Waals surface area contributed by atoms with Crippen LogP contribution in [0.3, 0.4) is 0 Å². The topological polar surface area (TPSA) is 63.3 Å². The van der Waals surface area contributed by atoms with E-state index in [1.807, 2.05) is 0 Å². The standard InChI is InChI=1S/C15H13ClFNO2/c16-11-5-6-13(17)12(8-11)10-3-1-9(2-4-10)7-14(18)15(19)20/h1-6,8,14H,7,18H2,(H,19,20)/t14-/m1/s1. The van der Waals surface area contributed by atoms with Crippen molar-refractivity contribution in [2.24, 2.45) is 5.73 Å². The molecule has 3 nitrogen and oxygen atoms in total. The highest BCUT2D eigenvalue weighted by atomic mass is 35.5. The van der Waals surface area contributed by atoms with E-state index in [4.69, 9.17) is 22.4 Å². The minimum absolute atomic E-state index is 0.230. The predicted molar refractivity (Wildman–Crippen MR) is 76.2 cm³/mol. The lowest BCUT2D eigenvalue weighted by molar-refractivity contribution is -0.138. The molecule has 0 spiro atoms. The SMILES string of the molecule is N[C@H](Cc1ccc(-c2cc(Cl)ccc2F)cc1)C(=O)O. The van der Waals surface area contributed by atoms with Crippen LogP contribution in [0, 0.1) is 5.82 Å². The van der Waals surface area contributed by atoms with Crippen LogP contribution in [0.15, 0.2) is 42.5 Å². The molecule has 2 aromatic rings. The first kappa shape index (κ1) is 14.5. The number of halogens is 2. The van der Waals surface area contributed by atoms with Gasteiger partial charge in [-0.05, 0) is 35.7 Å². The Morgan fingerprint density at radius 1 is 1.25 bits per heavy atom. The van der Waals surface area contributed by atoms with Gasteiger partial charge in [0.2, 0.25) is 0 Å². The average molecular weight is 294 g/mol. The van der Waals surface area contributed by atoms with Crippen LogP contribution in [0.5, 0.6) is 0 Å². The van der Waals surface area contributed by atoms with E-state index in [2.05, 4.69) is 0 Å². The summed E-state index contributed by atoms with van der Waals surface area (Å²) in [6.07, 6.45) is 0.230. The molecule has 2 aromatic carbocycles. The second kappa shape index (κ2) is 6.03. The number of rotatable bonds is 4. The van der Waals surface area contributed by atoms with Gasteiger partial charge >= 0.3 is 5.97 Å². The summed E-state index contributed by atoms with van der Waals surface area (Å²) >= 11 is 5.85. The Balaban J connectivity index is 2.24. The Morgan fingerprint density at radius 2 is 1.90 bits per heavy atom. The number of aliphatic carboxylic acids is 1. The van der Waals surface area contributed by atoms with Crippen molar-refractivity contribution >= 4 is 17.6 Å². The maximum absolute atomic E-state index is 13.7. The zero-order valence-electron chi connectivity index (χ0n) is 10.5. The fraction of sp³-hybridized carbons (Fsp3) is 0.133. The third-order valence-corrected chi connectivity index (χ3v) is 3.20. The Bertz CT molecular complexity index is 628. The van der Waals surface area contributed by atoms with Gasteiger partial charge in [0, 0.05) is 10.6 Å². The minimum Gasteiger partial charge on any atom is -0.480 e. The lowest BCUT2D eigenvalue weighted by atomic mass is 10.0. The van der Waals surface area contributed by atoms with E-state index >= 15 is 0 Å². The van der Waals surface area contributed by atoms with Crippen LogP contribution in [0.25, 0.3) is 11.1 Å². The van der Waals surface area contributed by atoms with Gasteiger partial charge in [-0.2, -0.15) is 0 Å². The molecule has 0 unspecified atom stereocenters. The number of nitrogens with two attached hydrogens (primary N) is 1. The summed E-state index contributed by atoms with van der Waals surface area (Å²) in [5.74, 6) is -1.40. The number of carboxylic acid groups (broad SMARTS) is 1. The van der Waals surface area contributed by atoms with Gasteiger partial charge in [-0.15, -0.1) is 0 Å². The van der Waals surface area contributed by atoms with Gasteiger partial charge < -0.3 is 10.8 Å². The van der Waals surface area contributed by atoms with Gasteiger partial charge in [-0.25, -0.2) is 4.39 Å². The Labute approximate surface area is 120 Å². The summed E-state index contributed by atoms with van der Waals surface area (Å²) in [4.78, 5) is 10.7. The molecule has 0 aromatic heterocycles. The van der Waals surface area contributed by atoms with Crippen LogP contribution in [0.1, 0.15) is 5.56 Å². The van der Waals surface area contributed by atoms with Crippen molar-refractivity contribution in [2.45, 2.75) is 12.5 Å². The van der Waals surface area contributed by atoms with E-state index in [1.54, 1.807) is 30.3 Å². The fourth-order valence-corrected chi connectivity index (χ4v) is 2.05. The number of carboxylic acids is 1. The largest absolute Gasteiger partial charge is 0.480 e. The van der Waals surface area contributed by atoms with Crippen molar-refractivity contribution in [3.05, 3.63) is 58.9 Å². The Kier molecular flexibility index (Phi) is 4.37. The van der Waals surface area contributed by atoms with Crippen LogP contribution in [0.4, 0.5) is 4.39 Å². The van der Waals surface area contributed by atoms with Crippen molar-refractivity contribution in [2.75, 3.05) is 0 Å². The molecular weight excluding hydrogens is 281 g/mol. The molecule has 104 valence electrons. The zero-order valence-corrected chi connectivity index (χ0v) is 11.3. The number of hydrogen-bond donors (Lipinski definition) is 2. The first-order valence-electron chi connectivity index (χ1n) is 6.00. The highest BCUT2D eigenvalue weighted by Gasteiger charge is 2.12. The molecule has 0 saturated carbocycles. The van der Waals surface area contributed by atoms with Crippen molar-refractivity contribution < 1.29 is 14.3 Å². The number of carbonyl (C=O) groups is 1. The summed E-state index contributed by atoms with van der Waals surface area (Å²) in [5, 5.41) is 9.21. The molecule has 20 heavy (non-hydrogen) atoms. The second-order valence-electron chi connectivity index (χ2n) is 4.47. The predicted octanol–water partition coefficient (Wildman–Crippen LogP) is 3.10. The van der Waals surface area contributed by atoms with Crippen LogP contribution >= 0.6 is 11.6 Å². The van der Waals surface area contributed by atoms with Gasteiger partial charge in [-0.1, -0.05) is 35.9 Å². The summed E-state index contributed by atoms with van der Waals surface area (Å²) < 4.78 is 13.7. The summed E-state index contributed by atoms with van der Waals surface area (Å²) in [5.41, 5.74) is 7.34. The van der Waals surface area contributed by atoms with Crippen molar-refractivity contribution in [3.63, 3.8) is 0 Å². The smallest absolute Gasteiger partial charge is 0.320 e. The first-order chi connectivity index (χ1) is 9.47. The van der Waals surface area contributed by atoms with E-state index in [9.17, 15) is 9.18 Å². The molecule has 0 amide bonds. The van der Waals surface area contributed by atoms with Crippen LogP contribution in [-0.2, 0) is 11.2 Å². The van der Waals surface area contributed by atoms with Crippen LogP contribution in [0.2, 0.25) is 5.02 Å². The quantitative estimate of drug-likeness (QED) is 0.910. The number of benzene rings is 2. The van der Waals surface area contributed by atoms with Gasteiger partial charge in [0.1, 0.15) is 11.9 Å². The van der Waals surface area contributed by atoms with Crippen molar-refractivity contribution in [1.82, 2.24) is 0 Å². The molecule has 2 rings (SSSR count). The maximum Gasteiger partial charge on any atom is 0.320 e. The highest BCUT2D eigenvalue weighted by molar-refractivity contribution is 6.30. The fourth-order valence-electron chi connectivity index (χ4n) is 1.88. The van der Waals surface area contributed by atoms with Crippen molar-refractivity contribution in [1.29, 1.82) is 0 Å². The third kappa shape index (κ3) is 3.35. The van der Waals surface area contributed by atoms with E-state index < -0.39 is 12.0 Å². The molecule has 3 N–H and O–H groups in total. The second-order valence-corrected chi connectivity index (χ2v) is 4.91. The molecular formula is C15H13ClFNO2. The van der Waals surface area contributed by atoms with Gasteiger partial charge in [0.05, 0.1) is 0 Å². The third-order valence-electron chi connectivity index (χ3n) is 2.97. The highest BCUT2D eigenvalue weighted by Crippen LogP contribution is 2.26. The normalized spacial score (nSPS) is 12.2. The lowest BCUT2D eigenvalue weighted by Gasteiger charge is -2.08. The van der Waals surface area contributed by atoms with Gasteiger partial charge in [0.25, 0.3) is 0 Å². The first-order valence-corrected chi connectivity index (χ1v) is 6.38. The summed E-state index contributed by atoms with van der Waals surface area (Å²) in [7, 11) is 0. The lowest BCUT2D eigenvalue weighted by Crippen LogP contribution is -2.32. The average Bonchev–Trinajstić information content (AvgIpc) is 2.42. The zero-order chi connectivity index (χ0) is 14.7. The monoisotopic (exact) mass is 293 g/mol. The minimum atomic E-state index is -1.05. The molecule has 1 atom stereocenters. The molecule has 0 aliphatic heterocycles. The Morgan fingerprint density at radius 3 is 2.50 bits per heavy atom. The van der Waals surface area contributed by atoms with E-state index in [1.165, 1.54) is 12.1 Å². The molecule has 0 aliphatic carbocycles. The van der Waals surface area contributed by atoms with E-state index in [0.29, 0.717) is 16.1 Å². The Hall–Kier alpha value is -1.91. The van der Waals surface area contributed by atoms with Crippen LogP contribution < -0.4 is 5.73 Å². The van der Waals surface area contributed by atoms with E-state index in [-0.39, 0.29) is 12.2 Å². The van der Waals surface area contributed by atoms with E-state index in [0.717, 1.165) is 5.56 Å². The molecule has 0 fully saturated rings. The maximum atomic E-state index is 13.7. The summed E-state index contributed by atoms with van der Waals surface area (Å²) in [6.45, 7) is 0. The van der Waals surface area contributed by atoms with Gasteiger partial charge in [0.15, 0.2) is 0 Å².